The fourth-order valence-corrected chi connectivity index (χ4v) is 6.43. The maximum atomic E-state index is 10.2. The predicted octanol–water partition coefficient (Wildman–Crippen LogP) is 12.0. The minimum Gasteiger partial charge on any atom is -0.394 e. The maximum absolute atomic E-state index is 10.2. The van der Waals surface area contributed by atoms with Gasteiger partial charge in [-0.25, -0.2) is 4.57 Å². The normalized spacial score (nSPS) is 13.5. The van der Waals surface area contributed by atoms with Crippen LogP contribution in [0.15, 0.2) is 24.3 Å². The molecule has 0 aliphatic rings. The molecule has 4 N–H and O–H groups in total. The fraction of sp³-hybridized carbons (Fsp3) is 0.909. The van der Waals surface area contributed by atoms with E-state index in [9.17, 15) is 14.8 Å². The first kappa shape index (κ1) is 54.5. The van der Waals surface area contributed by atoms with E-state index in [2.05, 4.69) is 42.7 Å². The van der Waals surface area contributed by atoms with Crippen LogP contribution in [0.5, 0.6) is 0 Å². The van der Waals surface area contributed by atoms with E-state index in [-0.39, 0.29) is 19.3 Å². The van der Waals surface area contributed by atoms with Crippen LogP contribution in [0.25, 0.3) is 0 Å². The minimum atomic E-state index is -4.26. The van der Waals surface area contributed by atoms with E-state index >= 15 is 0 Å². The molecule has 0 bridgehead atoms. The van der Waals surface area contributed by atoms with Gasteiger partial charge >= 0.3 is 7.82 Å². The van der Waals surface area contributed by atoms with Gasteiger partial charge in [-0.15, -0.1) is 0 Å². The Hall–Kier alpha value is -0.570. The molecule has 0 heterocycles. The van der Waals surface area contributed by atoms with Gasteiger partial charge in [0.05, 0.1) is 33.9 Å². The van der Waals surface area contributed by atoms with E-state index in [1.54, 1.807) is 0 Å². The second-order valence-corrected chi connectivity index (χ2v) is 17.4. The van der Waals surface area contributed by atoms with Crippen LogP contribution in [0.2, 0.25) is 0 Å². The Morgan fingerprint density at radius 2 is 0.906 bits per heavy atom. The van der Waals surface area contributed by atoms with Crippen molar-refractivity contribution in [3.8, 4) is 0 Å². The van der Waals surface area contributed by atoms with E-state index in [4.69, 9.17) is 14.5 Å². The first-order valence-electron chi connectivity index (χ1n) is 22.2. The molecule has 0 saturated heterocycles. The first-order valence-corrected chi connectivity index (χ1v) is 23.7. The standard InChI is InChI=1S/C39H76O3.C5H14NO4P/c1-3-5-7-9-11-13-15-17-19-21-23-25-27-29-31-33-35-39(38(41)37-40)42-36-34-32-30-28-26-24-22-20-18-16-14-12-10-8-6-4-2;1-6(2,3)4-5-10-11(7,8)9/h17-20,38-41H,3-16,21-37H2,1-2H3;4-5H2,1-3H3,(H-,7,8,9)/p+1. The smallest absolute Gasteiger partial charge is 0.394 e. The van der Waals surface area contributed by atoms with Crippen molar-refractivity contribution in [1.29, 1.82) is 0 Å². The molecule has 318 valence electrons. The van der Waals surface area contributed by atoms with Gasteiger partial charge in [-0.3, -0.25) is 4.52 Å². The highest BCUT2D eigenvalue weighted by atomic mass is 31.2. The van der Waals surface area contributed by atoms with Crippen LogP contribution < -0.4 is 0 Å². The van der Waals surface area contributed by atoms with Gasteiger partial charge in [0.1, 0.15) is 19.3 Å². The van der Waals surface area contributed by atoms with Gasteiger partial charge in [0.2, 0.25) is 0 Å². The summed E-state index contributed by atoms with van der Waals surface area (Å²) in [6, 6.07) is 0. The van der Waals surface area contributed by atoms with E-state index < -0.39 is 13.9 Å². The summed E-state index contributed by atoms with van der Waals surface area (Å²) >= 11 is 0. The third-order valence-corrected chi connectivity index (χ3v) is 10.1. The minimum absolute atomic E-state index is 0.0772. The summed E-state index contributed by atoms with van der Waals surface area (Å²) in [5.74, 6) is 0. The van der Waals surface area contributed by atoms with Crippen LogP contribution in [0.4, 0.5) is 0 Å². The third kappa shape index (κ3) is 49.4. The molecule has 0 aromatic rings. The van der Waals surface area contributed by atoms with Crippen LogP contribution in [-0.2, 0) is 13.8 Å². The number of rotatable bonds is 39. The van der Waals surface area contributed by atoms with E-state index in [0.29, 0.717) is 17.6 Å². The highest BCUT2D eigenvalue weighted by molar-refractivity contribution is 7.46. The largest absolute Gasteiger partial charge is 0.469 e. The van der Waals surface area contributed by atoms with Crippen LogP contribution in [-0.4, -0.2) is 84.2 Å². The summed E-state index contributed by atoms with van der Waals surface area (Å²) in [5.41, 5.74) is 0. The Bertz CT molecular complexity index is 827. The van der Waals surface area contributed by atoms with E-state index in [1.165, 1.54) is 167 Å². The lowest BCUT2D eigenvalue weighted by Crippen LogP contribution is -2.37. The average Bonchev–Trinajstić information content (AvgIpc) is 3.10. The van der Waals surface area contributed by atoms with Crippen LogP contribution >= 0.6 is 7.82 Å². The lowest BCUT2D eigenvalue weighted by Gasteiger charge is -2.23. The number of allylic oxidation sites excluding steroid dienone is 4. The summed E-state index contributed by atoms with van der Waals surface area (Å²) in [5, 5.41) is 19.6. The van der Waals surface area contributed by atoms with Crippen LogP contribution in [0, 0.1) is 0 Å². The fourth-order valence-electron chi connectivity index (χ4n) is 6.12. The number of hydrogen-bond donors (Lipinski definition) is 4. The third-order valence-electron chi connectivity index (χ3n) is 9.63. The van der Waals surface area contributed by atoms with E-state index in [1.807, 2.05) is 21.1 Å². The molecular weight excluding hydrogens is 685 g/mol. The number of quaternary nitrogens is 1. The van der Waals surface area contributed by atoms with Crippen molar-refractivity contribution in [1.82, 2.24) is 0 Å². The molecule has 0 amide bonds. The molecular formula is C44H91NO7P+. The summed E-state index contributed by atoms with van der Waals surface area (Å²) < 4.78 is 21.1. The topological polar surface area (TPSA) is 116 Å². The van der Waals surface area contributed by atoms with Gasteiger partial charge in [-0.2, -0.15) is 0 Å². The Balaban J connectivity index is 0. The number of aliphatic hydroxyl groups excluding tert-OH is 2. The molecule has 0 saturated carbocycles. The lowest BCUT2D eigenvalue weighted by atomic mass is 10.0. The molecule has 0 aliphatic carbocycles. The van der Waals surface area contributed by atoms with Crippen molar-refractivity contribution in [2.45, 2.75) is 212 Å². The highest BCUT2D eigenvalue weighted by Crippen LogP contribution is 2.35. The second-order valence-electron chi connectivity index (χ2n) is 16.2. The van der Waals surface area contributed by atoms with Gasteiger partial charge in [-0.1, -0.05) is 160 Å². The molecule has 0 aliphatic heterocycles. The molecule has 0 spiro atoms. The van der Waals surface area contributed by atoms with Gasteiger partial charge in [0.15, 0.2) is 0 Å². The number of phosphoric acid groups is 1. The van der Waals surface area contributed by atoms with Crippen molar-refractivity contribution < 1.29 is 38.3 Å². The molecule has 2 unspecified atom stereocenters. The van der Waals surface area contributed by atoms with Gasteiger partial charge in [0.25, 0.3) is 0 Å². The Morgan fingerprint density at radius 1 is 0.547 bits per heavy atom. The lowest BCUT2D eigenvalue weighted by molar-refractivity contribution is -0.870. The van der Waals surface area contributed by atoms with Crippen molar-refractivity contribution in [3.63, 3.8) is 0 Å². The average molecular weight is 777 g/mol. The quantitative estimate of drug-likeness (QED) is 0.0212. The SMILES string of the molecule is CCCCCCCCC=CCCCCCCCCOC(CCCCCCCCC=CCCCCCCCC)C(O)CO.C[N+](C)(C)CCOP(=O)(O)O. The van der Waals surface area contributed by atoms with Crippen molar-refractivity contribution in [2.24, 2.45) is 0 Å². The number of unbranched alkanes of at least 4 members (excludes halogenated alkanes) is 24. The van der Waals surface area contributed by atoms with Crippen LogP contribution in [0.1, 0.15) is 200 Å². The first-order chi connectivity index (χ1) is 25.5. The number of ether oxygens (including phenoxy) is 1. The summed E-state index contributed by atoms with van der Waals surface area (Å²) in [6.45, 7) is 5.71. The molecule has 0 aromatic heterocycles. The molecule has 2 atom stereocenters. The number of aliphatic hydroxyl groups is 2. The van der Waals surface area contributed by atoms with Gasteiger partial charge in [0, 0.05) is 6.61 Å². The molecule has 8 nitrogen and oxygen atoms in total. The number of hydrogen-bond acceptors (Lipinski definition) is 5. The van der Waals surface area contributed by atoms with Crippen molar-refractivity contribution in [2.75, 3.05) is 47.5 Å². The molecule has 0 rings (SSSR count). The molecule has 9 heteroatoms. The highest BCUT2D eigenvalue weighted by Gasteiger charge is 2.18. The summed E-state index contributed by atoms with van der Waals surface area (Å²) in [4.78, 5) is 16.6. The van der Waals surface area contributed by atoms with Crippen LogP contribution in [0.3, 0.4) is 0 Å². The number of likely N-dealkylation sites (N-methyl/N-ethyl adjacent to an activating group) is 1. The molecule has 0 radical (unpaired) electrons. The zero-order valence-electron chi connectivity index (χ0n) is 35.7. The zero-order chi connectivity index (χ0) is 39.7. The summed E-state index contributed by atoms with van der Waals surface area (Å²) in [6.07, 6.45) is 46.0. The Morgan fingerprint density at radius 3 is 1.26 bits per heavy atom. The molecule has 0 fully saturated rings. The summed E-state index contributed by atoms with van der Waals surface area (Å²) in [7, 11) is 1.50. The van der Waals surface area contributed by atoms with Crippen molar-refractivity contribution in [3.05, 3.63) is 24.3 Å². The molecule has 53 heavy (non-hydrogen) atoms. The van der Waals surface area contributed by atoms with Crippen molar-refractivity contribution >= 4 is 7.82 Å². The second kappa shape index (κ2) is 41.1. The molecule has 0 aromatic carbocycles. The zero-order valence-corrected chi connectivity index (χ0v) is 36.6. The predicted molar refractivity (Wildman–Crippen MR) is 227 cm³/mol. The van der Waals surface area contributed by atoms with Gasteiger partial charge in [-0.05, 0) is 64.2 Å². The Kier molecular flexibility index (Phi) is 42.3. The van der Waals surface area contributed by atoms with Gasteiger partial charge < -0.3 is 29.2 Å². The monoisotopic (exact) mass is 777 g/mol. The van der Waals surface area contributed by atoms with E-state index in [0.717, 1.165) is 19.3 Å². The number of phosphoric ester groups is 1. The number of nitrogens with zero attached hydrogens (tertiary/aromatic N) is 1. The Labute approximate surface area is 329 Å². The maximum Gasteiger partial charge on any atom is 0.469 e.